The molecular formula is C56H63N3P2. The molecule has 0 amide bonds. The van der Waals surface area contributed by atoms with Gasteiger partial charge in [0, 0.05) is 29.8 Å². The second-order valence-electron chi connectivity index (χ2n) is 15.0. The van der Waals surface area contributed by atoms with Gasteiger partial charge in [0.1, 0.15) is 0 Å². The van der Waals surface area contributed by atoms with Crippen LogP contribution in [-0.4, -0.2) is 7.05 Å². The monoisotopic (exact) mass is 839 g/mol. The average molecular weight is 840 g/mol. The van der Waals surface area contributed by atoms with E-state index >= 15 is 0 Å². The van der Waals surface area contributed by atoms with Gasteiger partial charge in [-0.15, -0.1) is 18.5 Å². The third kappa shape index (κ3) is 15.9. The highest BCUT2D eigenvalue weighted by atomic mass is 31.0. The van der Waals surface area contributed by atoms with Crippen molar-refractivity contribution in [2.75, 3.05) is 22.6 Å². The van der Waals surface area contributed by atoms with Gasteiger partial charge in [0.05, 0.1) is 11.4 Å². The van der Waals surface area contributed by atoms with Gasteiger partial charge >= 0.3 is 0 Å². The molecule has 7 aromatic rings. The summed E-state index contributed by atoms with van der Waals surface area (Å²) < 4.78 is 0. The highest BCUT2D eigenvalue weighted by molar-refractivity contribution is 7.27. The molecular weight excluding hydrogens is 777 g/mol. The van der Waals surface area contributed by atoms with Crippen molar-refractivity contribution in [2.24, 2.45) is 0 Å². The molecule has 0 aliphatic carbocycles. The third-order valence-electron chi connectivity index (χ3n) is 10.0. The molecule has 0 heterocycles. The average Bonchev–Trinajstić information content (AvgIpc) is 3.26. The van der Waals surface area contributed by atoms with Crippen molar-refractivity contribution in [1.29, 1.82) is 0 Å². The zero-order chi connectivity index (χ0) is 44.1. The fourth-order valence-electron chi connectivity index (χ4n) is 6.27. The van der Waals surface area contributed by atoms with Crippen LogP contribution in [0.15, 0.2) is 200 Å². The molecule has 3 nitrogen and oxygen atoms in total. The summed E-state index contributed by atoms with van der Waals surface area (Å²) in [6.45, 7) is 18.4. The molecule has 2 unspecified atom stereocenters. The van der Waals surface area contributed by atoms with E-state index in [9.17, 15) is 0 Å². The number of benzene rings is 7. The van der Waals surface area contributed by atoms with Crippen LogP contribution in [0, 0.1) is 34.6 Å². The highest BCUT2D eigenvalue weighted by Gasteiger charge is 2.12. The van der Waals surface area contributed by atoms with Crippen molar-refractivity contribution in [2.45, 2.75) is 48.5 Å². The Bertz CT molecular complexity index is 2410. The lowest BCUT2D eigenvalue weighted by Gasteiger charge is -2.24. The van der Waals surface area contributed by atoms with Crippen LogP contribution in [0.4, 0.5) is 34.1 Å². The Labute approximate surface area is 371 Å². The Hall–Kier alpha value is -5.98. The Kier molecular flexibility index (Phi) is 19.5. The first-order valence-corrected chi connectivity index (χ1v) is 21.8. The molecule has 5 heteroatoms. The number of para-hydroxylation sites is 3. The van der Waals surface area contributed by atoms with E-state index in [1.165, 1.54) is 72.2 Å². The molecule has 0 spiro atoms. The summed E-state index contributed by atoms with van der Waals surface area (Å²) in [6, 6.07) is 56.9. The zero-order valence-electron chi connectivity index (χ0n) is 37.2. The molecule has 0 saturated heterocycles. The molecule has 0 fully saturated rings. The maximum absolute atomic E-state index is 3.57. The predicted molar refractivity (Wildman–Crippen MR) is 280 cm³/mol. The van der Waals surface area contributed by atoms with E-state index < -0.39 is 0 Å². The molecule has 0 aliphatic rings. The second kappa shape index (κ2) is 24.9. The minimum absolute atomic E-state index is 1.10. The number of hydrogen-bond acceptors (Lipinski definition) is 3. The lowest BCUT2D eigenvalue weighted by molar-refractivity contribution is 1.19. The number of anilines is 6. The Morgan fingerprint density at radius 3 is 1.39 bits per heavy atom. The van der Waals surface area contributed by atoms with Gasteiger partial charge in [-0.3, -0.25) is 0 Å². The molecule has 7 aromatic carbocycles. The van der Waals surface area contributed by atoms with Crippen LogP contribution < -0.4 is 26.1 Å². The molecule has 0 aromatic heterocycles. The molecule has 61 heavy (non-hydrogen) atoms. The molecule has 0 radical (unpaired) electrons. The van der Waals surface area contributed by atoms with E-state index in [-0.39, 0.29) is 0 Å². The molecule has 0 saturated carbocycles. The summed E-state index contributed by atoms with van der Waals surface area (Å²) in [6.07, 6.45) is 7.81. The fourth-order valence-corrected chi connectivity index (χ4v) is 6.66. The zero-order valence-corrected chi connectivity index (χ0v) is 39.5. The van der Waals surface area contributed by atoms with Crippen molar-refractivity contribution in [3.63, 3.8) is 0 Å². The van der Waals surface area contributed by atoms with Crippen LogP contribution in [0.1, 0.15) is 41.7 Å². The van der Waals surface area contributed by atoms with Crippen LogP contribution >= 0.6 is 18.5 Å². The van der Waals surface area contributed by atoms with Gasteiger partial charge < -0.3 is 15.5 Å². The van der Waals surface area contributed by atoms with Gasteiger partial charge in [-0.1, -0.05) is 146 Å². The Morgan fingerprint density at radius 2 is 0.934 bits per heavy atom. The number of nitrogens with zero attached hydrogens (tertiary/aromatic N) is 1. The van der Waals surface area contributed by atoms with Crippen molar-refractivity contribution >= 4 is 63.2 Å². The van der Waals surface area contributed by atoms with E-state index in [1.807, 2.05) is 74.5 Å². The second-order valence-corrected chi connectivity index (χ2v) is 16.3. The first-order chi connectivity index (χ1) is 29.4. The molecule has 7 rings (SSSR count). The Morgan fingerprint density at radius 1 is 0.525 bits per heavy atom. The van der Waals surface area contributed by atoms with E-state index in [1.54, 1.807) is 6.08 Å². The van der Waals surface area contributed by atoms with Crippen LogP contribution in [0.25, 0.3) is 11.1 Å². The Balaban J connectivity index is 0.000000190. The van der Waals surface area contributed by atoms with Crippen LogP contribution in [-0.2, 0) is 0 Å². The predicted octanol–water partition coefficient (Wildman–Crippen LogP) is 15.2. The van der Waals surface area contributed by atoms with E-state index in [0.717, 1.165) is 17.1 Å². The van der Waals surface area contributed by atoms with Crippen molar-refractivity contribution in [3.8, 4) is 11.1 Å². The van der Waals surface area contributed by atoms with E-state index in [2.05, 4.69) is 204 Å². The van der Waals surface area contributed by atoms with Crippen LogP contribution in [0.5, 0.6) is 0 Å². The SMILES string of the molecule is C=C/C=C(C)\C=C/C.Cc1cc(C)c(Nc2ccccc2)cc1C.Cc1cc(Nc2ccccc2)c(N(C)c2ccccc2)cc1C.Pc1ccc(-c2ccc(P)cc2)cc1. The van der Waals surface area contributed by atoms with Crippen molar-refractivity contribution in [1.82, 2.24) is 0 Å². The van der Waals surface area contributed by atoms with E-state index in [4.69, 9.17) is 0 Å². The molecule has 2 atom stereocenters. The first kappa shape index (κ1) is 47.7. The maximum atomic E-state index is 3.57. The summed E-state index contributed by atoms with van der Waals surface area (Å²) in [4.78, 5) is 2.22. The number of allylic oxidation sites excluding steroid dienone is 5. The quantitative estimate of drug-likeness (QED) is 0.112. The largest absolute Gasteiger partial charge is 0.355 e. The molecule has 0 bridgehead atoms. The van der Waals surface area contributed by atoms with E-state index in [0.29, 0.717) is 0 Å². The standard InChI is InChI=1S/C21H22N2.C15H17N.C12H12P2.C8H12/c1-16-14-20(22-18-10-6-4-7-11-18)21(15-17(16)2)23(3)19-12-8-5-9-13-19;1-11-9-13(3)15(10-12(11)2)16-14-7-5-4-6-8-14;13-11-5-1-9(2-6-11)10-3-7-12(14)8-4-10;1-4-6-8(3)7-5-2/h4-15,22H,1-3H3;4-10,16H,1-3H3;1-8H,13-14H2;4-7H,1H2,2-3H3/b;;;7-5-,8-6-. The lowest BCUT2D eigenvalue weighted by Crippen LogP contribution is -2.12. The topological polar surface area (TPSA) is 27.3 Å². The smallest absolute Gasteiger partial charge is 0.0650 e. The first-order valence-electron chi connectivity index (χ1n) is 20.6. The summed E-state index contributed by atoms with van der Waals surface area (Å²) in [5.74, 6) is 0. The third-order valence-corrected chi connectivity index (χ3v) is 10.8. The summed E-state index contributed by atoms with van der Waals surface area (Å²) in [5, 5.41) is 9.43. The molecule has 312 valence electrons. The number of hydrogen-bond donors (Lipinski definition) is 2. The number of rotatable bonds is 9. The van der Waals surface area contributed by atoms with Gasteiger partial charge in [-0.25, -0.2) is 0 Å². The maximum Gasteiger partial charge on any atom is 0.0650 e. The van der Waals surface area contributed by atoms with Gasteiger partial charge in [0.25, 0.3) is 0 Å². The normalized spacial score (nSPS) is 10.6. The fraction of sp³-hybridized carbons (Fsp3) is 0.143. The highest BCUT2D eigenvalue weighted by Crippen LogP contribution is 2.35. The van der Waals surface area contributed by atoms with Crippen LogP contribution in [0.3, 0.4) is 0 Å². The molecule has 2 N–H and O–H groups in total. The van der Waals surface area contributed by atoms with Crippen molar-refractivity contribution < 1.29 is 0 Å². The minimum Gasteiger partial charge on any atom is -0.355 e. The lowest BCUT2D eigenvalue weighted by atomic mass is 10.0. The van der Waals surface area contributed by atoms with Gasteiger partial charge in [0.2, 0.25) is 0 Å². The van der Waals surface area contributed by atoms with Gasteiger partial charge in [-0.2, -0.15) is 0 Å². The number of aryl methyl sites for hydroxylation is 5. The number of nitrogens with one attached hydrogen (secondary N) is 2. The summed E-state index contributed by atoms with van der Waals surface area (Å²) in [7, 11) is 7.49. The van der Waals surface area contributed by atoms with Gasteiger partial charge in [-0.05, 0) is 153 Å². The summed E-state index contributed by atoms with van der Waals surface area (Å²) >= 11 is 0. The van der Waals surface area contributed by atoms with Crippen LogP contribution in [0.2, 0.25) is 0 Å². The minimum atomic E-state index is 1.10. The summed E-state index contributed by atoms with van der Waals surface area (Å²) in [5.41, 5.74) is 17.2. The van der Waals surface area contributed by atoms with Crippen molar-refractivity contribution in [3.05, 3.63) is 228 Å². The molecule has 0 aliphatic heterocycles. The van der Waals surface area contributed by atoms with Gasteiger partial charge in [0.15, 0.2) is 0 Å².